The van der Waals surface area contributed by atoms with Crippen molar-refractivity contribution in [3.8, 4) is 23.7 Å². The highest BCUT2D eigenvalue weighted by atomic mass is 31.1. The number of hydrogen-bond acceptors (Lipinski definition) is 5. The zero-order chi connectivity index (χ0) is 23.4. The maximum Gasteiger partial charge on any atom is 0.516 e. The molecule has 0 saturated heterocycles. The molecule has 1 heterocycles. The number of rotatable bonds is 7. The van der Waals surface area contributed by atoms with Crippen LogP contribution in [-0.2, 0) is 14.1 Å². The summed E-state index contributed by atoms with van der Waals surface area (Å²) in [5, 5.41) is 11.5. The molecule has 0 fully saturated rings. The van der Waals surface area contributed by atoms with Crippen molar-refractivity contribution < 1.29 is 28.5 Å². The minimum atomic E-state index is -3.00. The molecule has 0 aliphatic rings. The lowest BCUT2D eigenvalue weighted by Gasteiger charge is -2.22. The number of nitrogens with zero attached hydrogens (tertiary/aromatic N) is 1. The number of esters is 1. The number of ether oxygens (including phenoxy) is 1. The summed E-state index contributed by atoms with van der Waals surface area (Å²) in [5.74, 6) is -1.51. The van der Waals surface area contributed by atoms with Gasteiger partial charge in [-0.25, -0.2) is 4.39 Å². The molecule has 0 radical (unpaired) electrons. The second kappa shape index (κ2) is 9.97. The number of terminal acetylenes is 1. The Hall–Kier alpha value is -3.17. The summed E-state index contributed by atoms with van der Waals surface area (Å²) in [6.45, 7) is 3.74. The van der Waals surface area contributed by atoms with Crippen LogP contribution in [0.25, 0.3) is 22.0 Å². The maximum absolute atomic E-state index is 13.6. The fraction of sp³-hybridized carbons (Fsp3) is 0.250. The van der Waals surface area contributed by atoms with E-state index in [1.165, 1.54) is 12.1 Å². The van der Waals surface area contributed by atoms with Crippen LogP contribution in [0.5, 0.6) is 0 Å². The Morgan fingerprint density at radius 2 is 1.88 bits per heavy atom. The van der Waals surface area contributed by atoms with Crippen molar-refractivity contribution in [2.45, 2.75) is 37.9 Å². The van der Waals surface area contributed by atoms with Crippen molar-refractivity contribution in [1.29, 1.82) is 0 Å². The average Bonchev–Trinajstić information content (AvgIpc) is 2.73. The van der Waals surface area contributed by atoms with Gasteiger partial charge in [0, 0.05) is 16.5 Å². The second-order valence-electron chi connectivity index (χ2n) is 7.58. The molecule has 2 N–H and O–H groups in total. The maximum atomic E-state index is 13.6. The number of pyridine rings is 1. The summed E-state index contributed by atoms with van der Waals surface area (Å²) >= 11 is 0. The number of para-hydroxylation sites is 1. The monoisotopic (exact) mass is 454 g/mol. The highest BCUT2D eigenvalue weighted by Gasteiger charge is 2.44. The molecule has 2 aromatic carbocycles. The first-order valence-electron chi connectivity index (χ1n) is 9.91. The number of aliphatic hydroxyl groups excluding tert-OH is 1. The van der Waals surface area contributed by atoms with Gasteiger partial charge < -0.3 is 9.84 Å². The van der Waals surface area contributed by atoms with Gasteiger partial charge in [0.2, 0.25) is 5.66 Å². The van der Waals surface area contributed by atoms with Crippen LogP contribution in [0.3, 0.4) is 0 Å². The molecule has 1 aromatic heterocycles. The molecule has 3 atom stereocenters. The van der Waals surface area contributed by atoms with E-state index in [4.69, 9.17) is 11.4 Å². The minimum absolute atomic E-state index is 0.184. The number of aliphatic hydroxyl groups is 1. The first-order chi connectivity index (χ1) is 15.2. The molecule has 0 amide bonds. The predicted molar refractivity (Wildman–Crippen MR) is 119 cm³/mol. The molecule has 3 unspecified atom stereocenters. The third-order valence-corrected chi connectivity index (χ3v) is 6.16. The average molecular weight is 454 g/mol. The summed E-state index contributed by atoms with van der Waals surface area (Å²) in [6, 6.07) is 12.9. The lowest BCUT2D eigenvalue weighted by Crippen LogP contribution is -2.23. The Morgan fingerprint density at radius 1 is 1.22 bits per heavy atom. The molecule has 0 aliphatic carbocycles. The molecule has 3 rings (SSSR count). The largest absolute Gasteiger partial charge is 0.516 e. The fourth-order valence-electron chi connectivity index (χ4n) is 3.75. The normalized spacial score (nSPS) is 13.5. The molecule has 8 heteroatoms. The number of carbonyl (C=O) groups excluding carboxylic acids is 1. The van der Waals surface area contributed by atoms with E-state index in [0.717, 1.165) is 0 Å². The third kappa shape index (κ3) is 4.84. The Morgan fingerprint density at radius 3 is 2.47 bits per heavy atom. The number of carbonyl (C=O) groups is 1. The molecule has 32 heavy (non-hydrogen) atoms. The van der Waals surface area contributed by atoms with Gasteiger partial charge in [0.25, 0.3) is 0 Å². The van der Waals surface area contributed by atoms with Crippen LogP contribution in [0.15, 0.2) is 48.5 Å². The van der Waals surface area contributed by atoms with Crippen LogP contribution in [-0.4, -0.2) is 27.1 Å². The molecule has 6 nitrogen and oxygen atoms in total. The van der Waals surface area contributed by atoms with Crippen LogP contribution in [0.1, 0.15) is 43.1 Å². The van der Waals surface area contributed by atoms with E-state index in [9.17, 15) is 23.7 Å². The van der Waals surface area contributed by atoms with Gasteiger partial charge in [-0.15, -0.1) is 0 Å². The lowest BCUT2D eigenvalue weighted by molar-refractivity contribution is -0.139. The van der Waals surface area contributed by atoms with Crippen molar-refractivity contribution in [2.24, 2.45) is 0 Å². The van der Waals surface area contributed by atoms with Gasteiger partial charge in [0.05, 0.1) is 17.6 Å². The number of fused-ring (bicyclic) bond motifs is 1. The molecule has 0 aliphatic heterocycles. The molecular formula is C24H22FNO5P+. The Balaban J connectivity index is 2.36. The summed E-state index contributed by atoms with van der Waals surface area (Å²) in [4.78, 5) is 26.8. The van der Waals surface area contributed by atoms with Crippen molar-refractivity contribution in [1.82, 2.24) is 4.98 Å². The smallest absolute Gasteiger partial charge is 0.387 e. The Bertz CT molecular complexity index is 1200. The van der Waals surface area contributed by atoms with Gasteiger partial charge in [-0.3, -0.25) is 9.78 Å². The highest BCUT2D eigenvalue weighted by molar-refractivity contribution is 7.38. The molecule has 3 aromatic rings. The van der Waals surface area contributed by atoms with E-state index in [1.54, 1.807) is 30.4 Å². The highest BCUT2D eigenvalue weighted by Crippen LogP contribution is 2.49. The Kier molecular flexibility index (Phi) is 7.32. The number of aromatic nitrogens is 1. The van der Waals surface area contributed by atoms with Gasteiger partial charge >= 0.3 is 14.0 Å². The van der Waals surface area contributed by atoms with Gasteiger partial charge in [0.15, 0.2) is 0 Å². The summed E-state index contributed by atoms with van der Waals surface area (Å²) in [7, 11) is -3.00. The number of benzene rings is 2. The minimum Gasteiger partial charge on any atom is -0.387 e. The molecule has 164 valence electrons. The number of hydrogen-bond donors (Lipinski definition) is 2. The van der Waals surface area contributed by atoms with E-state index < -0.39 is 38.0 Å². The van der Waals surface area contributed by atoms with E-state index in [-0.39, 0.29) is 5.92 Å². The molecule has 0 saturated carbocycles. The standard InChI is InChI=1S/C24H21FNO5P/c1-4-31-20(28)13-19(27)24(32(29)30)22-21(15-9-11-16(25)12-10-15)17-7-5-6-8-18(17)26-23(22)14(2)3/h1,5-12,14,19,24,27H,13H2,2-3H3/p+1. The SMILES string of the molecule is C#COC(=O)CC(O)C(c1c(C(C)C)nc2ccccc2c1-c1ccc(F)cc1)[P+](=O)O. The lowest BCUT2D eigenvalue weighted by atomic mass is 9.87. The van der Waals surface area contributed by atoms with Crippen LogP contribution in [0, 0.1) is 18.3 Å². The second-order valence-corrected chi connectivity index (χ2v) is 8.74. The quantitative estimate of drug-likeness (QED) is 0.302. The van der Waals surface area contributed by atoms with E-state index in [0.29, 0.717) is 33.3 Å². The van der Waals surface area contributed by atoms with Crippen LogP contribution < -0.4 is 0 Å². The predicted octanol–water partition coefficient (Wildman–Crippen LogP) is 4.83. The van der Waals surface area contributed by atoms with E-state index in [1.807, 2.05) is 26.0 Å². The third-order valence-electron chi connectivity index (χ3n) is 5.09. The van der Waals surface area contributed by atoms with Crippen molar-refractivity contribution in [3.63, 3.8) is 0 Å². The first-order valence-corrected chi connectivity index (χ1v) is 11.2. The topological polar surface area (TPSA) is 96.7 Å². The van der Waals surface area contributed by atoms with Gasteiger partial charge in [-0.1, -0.05) is 50.6 Å². The first kappa shape index (κ1) is 23.5. The van der Waals surface area contributed by atoms with Crippen LogP contribution >= 0.6 is 8.03 Å². The fourth-order valence-corrected chi connectivity index (χ4v) is 4.63. The Labute approximate surface area is 185 Å². The number of halogens is 1. The van der Waals surface area contributed by atoms with Crippen LogP contribution in [0.2, 0.25) is 0 Å². The zero-order valence-corrected chi connectivity index (χ0v) is 18.4. The summed E-state index contributed by atoms with van der Waals surface area (Å²) in [5.41, 5.74) is 1.25. The van der Waals surface area contributed by atoms with Crippen LogP contribution in [0.4, 0.5) is 4.39 Å². The molecule has 0 bridgehead atoms. The van der Waals surface area contributed by atoms with Crippen molar-refractivity contribution in [2.75, 3.05) is 0 Å². The molecule has 0 spiro atoms. The summed E-state index contributed by atoms with van der Waals surface area (Å²) in [6.07, 6.45) is 4.56. The zero-order valence-electron chi connectivity index (χ0n) is 17.5. The van der Waals surface area contributed by atoms with Gasteiger partial charge in [0.1, 0.15) is 18.0 Å². The van der Waals surface area contributed by atoms with E-state index in [2.05, 4.69) is 4.74 Å². The van der Waals surface area contributed by atoms with Gasteiger partial charge in [-0.2, -0.15) is 4.89 Å². The van der Waals surface area contributed by atoms with Crippen molar-refractivity contribution >= 4 is 24.9 Å². The van der Waals surface area contributed by atoms with E-state index >= 15 is 0 Å². The van der Waals surface area contributed by atoms with Crippen molar-refractivity contribution in [3.05, 3.63) is 65.6 Å². The summed E-state index contributed by atoms with van der Waals surface area (Å²) < 4.78 is 30.6. The molecular weight excluding hydrogens is 432 g/mol. The van der Waals surface area contributed by atoms with Gasteiger partial charge in [-0.05, 0) is 34.2 Å².